The van der Waals surface area contributed by atoms with Crippen molar-refractivity contribution in [3.63, 3.8) is 0 Å². The van der Waals surface area contributed by atoms with E-state index in [0.717, 1.165) is 38.5 Å². The Balaban J connectivity index is 4.08. The summed E-state index contributed by atoms with van der Waals surface area (Å²) in [6.07, 6.45) is 34.5. The Hall–Kier alpha value is -1.02. The van der Waals surface area contributed by atoms with Crippen molar-refractivity contribution in [1.29, 1.82) is 0 Å². The first-order valence-electron chi connectivity index (χ1n) is 19.2. The first-order valence-corrected chi connectivity index (χ1v) is 20.7. The number of amides is 1. The van der Waals surface area contributed by atoms with Crippen molar-refractivity contribution in [1.82, 2.24) is 5.32 Å². The van der Waals surface area contributed by atoms with Gasteiger partial charge in [-0.25, -0.2) is 4.57 Å². The molecule has 0 saturated carbocycles. The fourth-order valence-electron chi connectivity index (χ4n) is 5.26. The standard InChI is InChI=1S/C38H75N2O6P/c1-6-8-10-12-13-14-15-16-17-18-19-20-21-22-23-24-25-26-27-28-30-32-38(42)39-36(37(41)31-29-11-9-7-2)35-46-47(43,44)45-34-33-40(3,4)5/h18-19,29,31,36-37,41H,6-17,20-28,30,32-35H2,1-5H3,(H-,39,42,43,44)/p+1/b19-18-,31-29+. The number of carbonyl (C=O) groups excluding carboxylic acids is 1. The van der Waals surface area contributed by atoms with Gasteiger partial charge in [-0.05, 0) is 38.5 Å². The topological polar surface area (TPSA) is 105 Å². The van der Waals surface area contributed by atoms with Crippen LogP contribution in [-0.2, 0) is 18.4 Å². The van der Waals surface area contributed by atoms with E-state index >= 15 is 0 Å². The molecule has 3 N–H and O–H groups in total. The molecule has 0 aromatic rings. The Morgan fingerprint density at radius 2 is 1.17 bits per heavy atom. The van der Waals surface area contributed by atoms with E-state index in [-0.39, 0.29) is 19.1 Å². The van der Waals surface area contributed by atoms with Crippen LogP contribution < -0.4 is 5.32 Å². The quantitative estimate of drug-likeness (QED) is 0.0269. The van der Waals surface area contributed by atoms with E-state index in [2.05, 4.69) is 31.3 Å². The second-order valence-corrected chi connectivity index (χ2v) is 15.8. The molecule has 8 nitrogen and oxygen atoms in total. The Labute approximate surface area is 290 Å². The van der Waals surface area contributed by atoms with Gasteiger partial charge in [-0.3, -0.25) is 13.8 Å². The van der Waals surface area contributed by atoms with E-state index in [1.54, 1.807) is 6.08 Å². The Morgan fingerprint density at radius 1 is 0.702 bits per heavy atom. The molecule has 278 valence electrons. The molecule has 0 aliphatic rings. The highest BCUT2D eigenvalue weighted by atomic mass is 31.2. The molecule has 0 aliphatic carbocycles. The summed E-state index contributed by atoms with van der Waals surface area (Å²) in [6.45, 7) is 4.64. The third-order valence-electron chi connectivity index (χ3n) is 8.42. The third kappa shape index (κ3) is 33.3. The van der Waals surface area contributed by atoms with E-state index in [1.165, 1.54) is 103 Å². The molecule has 0 saturated heterocycles. The van der Waals surface area contributed by atoms with Gasteiger partial charge in [-0.15, -0.1) is 0 Å². The van der Waals surface area contributed by atoms with Gasteiger partial charge < -0.3 is 19.8 Å². The SMILES string of the molecule is CCCC/C=C/C(O)C(COP(=O)(O)OCC[N+](C)(C)C)NC(=O)CCCCCCCCCCC/C=C\CCCCCCCCCC. The van der Waals surface area contributed by atoms with Crippen molar-refractivity contribution in [3.05, 3.63) is 24.3 Å². The average Bonchev–Trinajstić information content (AvgIpc) is 3.01. The number of nitrogens with zero attached hydrogens (tertiary/aromatic N) is 1. The van der Waals surface area contributed by atoms with Gasteiger partial charge in [0.05, 0.1) is 39.9 Å². The van der Waals surface area contributed by atoms with Crippen LogP contribution in [0.4, 0.5) is 0 Å². The van der Waals surface area contributed by atoms with Gasteiger partial charge in [0.2, 0.25) is 5.91 Å². The predicted molar refractivity (Wildman–Crippen MR) is 198 cm³/mol. The predicted octanol–water partition coefficient (Wildman–Crippen LogP) is 9.80. The number of aliphatic hydroxyl groups excluding tert-OH is 1. The van der Waals surface area contributed by atoms with Crippen molar-refractivity contribution in [2.45, 2.75) is 174 Å². The van der Waals surface area contributed by atoms with Gasteiger partial charge >= 0.3 is 7.82 Å². The molecule has 0 radical (unpaired) electrons. The number of allylic oxidation sites excluding steroid dienone is 3. The van der Waals surface area contributed by atoms with Crippen molar-refractivity contribution >= 4 is 13.7 Å². The third-order valence-corrected chi connectivity index (χ3v) is 9.40. The molecule has 0 heterocycles. The molecule has 0 bridgehead atoms. The van der Waals surface area contributed by atoms with Gasteiger partial charge in [-0.1, -0.05) is 141 Å². The summed E-state index contributed by atoms with van der Waals surface area (Å²) in [5.74, 6) is -0.190. The molecule has 47 heavy (non-hydrogen) atoms. The van der Waals surface area contributed by atoms with E-state index in [1.807, 2.05) is 27.2 Å². The lowest BCUT2D eigenvalue weighted by atomic mass is 10.0. The number of unbranched alkanes of at least 4 members (excludes halogenated alkanes) is 19. The molecule has 0 fully saturated rings. The maximum Gasteiger partial charge on any atom is 0.472 e. The maximum atomic E-state index is 12.7. The van der Waals surface area contributed by atoms with Crippen LogP contribution in [0.1, 0.15) is 162 Å². The molecule has 3 atom stereocenters. The van der Waals surface area contributed by atoms with Crippen LogP contribution in [-0.4, -0.2) is 73.4 Å². The molecule has 1 amide bonds. The van der Waals surface area contributed by atoms with E-state index in [4.69, 9.17) is 9.05 Å². The Kier molecular flexibility index (Phi) is 30.3. The average molecular weight is 688 g/mol. The largest absolute Gasteiger partial charge is 0.472 e. The van der Waals surface area contributed by atoms with Crippen molar-refractivity contribution in [3.8, 4) is 0 Å². The van der Waals surface area contributed by atoms with Crippen LogP contribution in [0.5, 0.6) is 0 Å². The monoisotopic (exact) mass is 688 g/mol. The second kappa shape index (κ2) is 31.0. The summed E-state index contributed by atoms with van der Waals surface area (Å²) in [5.41, 5.74) is 0. The highest BCUT2D eigenvalue weighted by Crippen LogP contribution is 2.43. The minimum Gasteiger partial charge on any atom is -0.387 e. The molecular formula is C38H76N2O6P+. The summed E-state index contributed by atoms with van der Waals surface area (Å²) in [4.78, 5) is 22.8. The van der Waals surface area contributed by atoms with Crippen LogP contribution in [0.25, 0.3) is 0 Å². The van der Waals surface area contributed by atoms with Gasteiger partial charge in [0, 0.05) is 6.42 Å². The van der Waals surface area contributed by atoms with Crippen LogP contribution in [0, 0.1) is 0 Å². The number of rotatable bonds is 34. The van der Waals surface area contributed by atoms with Gasteiger partial charge in [-0.2, -0.15) is 0 Å². The molecular weight excluding hydrogens is 611 g/mol. The molecule has 0 aromatic heterocycles. The summed E-state index contributed by atoms with van der Waals surface area (Å²) < 4.78 is 23.2. The van der Waals surface area contributed by atoms with Crippen molar-refractivity contribution in [2.75, 3.05) is 40.9 Å². The van der Waals surface area contributed by atoms with E-state index < -0.39 is 20.0 Å². The van der Waals surface area contributed by atoms with E-state index in [0.29, 0.717) is 17.4 Å². The molecule has 0 spiro atoms. The zero-order valence-electron chi connectivity index (χ0n) is 31.3. The molecule has 0 rings (SSSR count). The first-order chi connectivity index (χ1) is 22.5. The zero-order chi connectivity index (χ0) is 35.1. The van der Waals surface area contributed by atoms with Gasteiger partial charge in [0.25, 0.3) is 0 Å². The lowest BCUT2D eigenvalue weighted by Crippen LogP contribution is -2.45. The highest BCUT2D eigenvalue weighted by molar-refractivity contribution is 7.47. The first kappa shape index (κ1) is 46.0. The van der Waals surface area contributed by atoms with Crippen LogP contribution in [0.2, 0.25) is 0 Å². The van der Waals surface area contributed by atoms with Gasteiger partial charge in [0.15, 0.2) is 0 Å². The summed E-state index contributed by atoms with van der Waals surface area (Å²) in [5, 5.41) is 13.5. The number of hydrogen-bond donors (Lipinski definition) is 3. The normalized spacial score (nSPS) is 15.0. The smallest absolute Gasteiger partial charge is 0.387 e. The summed E-state index contributed by atoms with van der Waals surface area (Å²) in [7, 11) is 1.56. The van der Waals surface area contributed by atoms with E-state index in [9.17, 15) is 19.4 Å². The number of hydrogen-bond acceptors (Lipinski definition) is 5. The van der Waals surface area contributed by atoms with Crippen molar-refractivity contribution < 1.29 is 32.9 Å². The molecule has 0 aliphatic heterocycles. The highest BCUT2D eigenvalue weighted by Gasteiger charge is 2.27. The Bertz CT molecular complexity index is 829. The molecule has 3 unspecified atom stereocenters. The number of likely N-dealkylation sites (N-methyl/N-ethyl adjacent to an activating group) is 1. The molecule has 0 aromatic carbocycles. The minimum atomic E-state index is -4.31. The number of phosphoric acid groups is 1. The van der Waals surface area contributed by atoms with Gasteiger partial charge in [0.1, 0.15) is 13.2 Å². The number of carbonyl (C=O) groups is 1. The lowest BCUT2D eigenvalue weighted by molar-refractivity contribution is -0.870. The van der Waals surface area contributed by atoms with Crippen LogP contribution in [0.3, 0.4) is 0 Å². The number of quaternary nitrogens is 1. The fraction of sp³-hybridized carbons (Fsp3) is 0.868. The number of nitrogens with one attached hydrogen (secondary N) is 1. The minimum absolute atomic E-state index is 0.0604. The number of aliphatic hydroxyl groups is 1. The van der Waals surface area contributed by atoms with Crippen LogP contribution >= 0.6 is 7.82 Å². The number of phosphoric ester groups is 1. The zero-order valence-corrected chi connectivity index (χ0v) is 32.2. The maximum absolute atomic E-state index is 12.7. The lowest BCUT2D eigenvalue weighted by Gasteiger charge is -2.25. The van der Waals surface area contributed by atoms with Crippen LogP contribution in [0.15, 0.2) is 24.3 Å². The fourth-order valence-corrected chi connectivity index (χ4v) is 5.99. The Morgan fingerprint density at radius 3 is 1.68 bits per heavy atom. The summed E-state index contributed by atoms with van der Waals surface area (Å²) >= 11 is 0. The second-order valence-electron chi connectivity index (χ2n) is 14.3. The molecule has 9 heteroatoms. The summed E-state index contributed by atoms with van der Waals surface area (Å²) in [6, 6.07) is -0.840. The van der Waals surface area contributed by atoms with Crippen molar-refractivity contribution in [2.24, 2.45) is 0 Å².